The second-order valence-electron chi connectivity index (χ2n) is 4.88. The maximum atomic E-state index is 3.45. The van der Waals surface area contributed by atoms with Gasteiger partial charge in [0.05, 0.1) is 0 Å². The molecule has 0 aliphatic heterocycles. The number of hydrogen-bond donors (Lipinski definition) is 1. The van der Waals surface area contributed by atoms with Crippen molar-refractivity contribution in [2.24, 2.45) is 0 Å². The van der Waals surface area contributed by atoms with Crippen LogP contribution in [-0.4, -0.2) is 6.04 Å². The highest BCUT2D eigenvalue weighted by molar-refractivity contribution is 5.33. The van der Waals surface area contributed by atoms with Crippen molar-refractivity contribution < 1.29 is 0 Å². The number of hydrogen-bond acceptors (Lipinski definition) is 1. The third-order valence-electron chi connectivity index (χ3n) is 2.68. The molecule has 0 amide bonds. The molecule has 0 fully saturated rings. The Kier molecular flexibility index (Phi) is 4.34. The normalized spacial score (nSPS) is 11.4. The zero-order valence-electron chi connectivity index (χ0n) is 10.6. The molecule has 1 aromatic rings. The van der Waals surface area contributed by atoms with Gasteiger partial charge in [-0.2, -0.15) is 0 Å². The maximum Gasteiger partial charge on any atom is 0.0207 e. The predicted molar refractivity (Wildman–Crippen MR) is 67.2 cm³/mol. The molecule has 0 aliphatic rings. The van der Waals surface area contributed by atoms with Crippen molar-refractivity contribution in [2.75, 3.05) is 0 Å². The monoisotopic (exact) mass is 205 g/mol. The van der Waals surface area contributed by atoms with Crippen molar-refractivity contribution in [3.63, 3.8) is 0 Å². The summed E-state index contributed by atoms with van der Waals surface area (Å²) in [5.41, 5.74) is 4.26. The van der Waals surface area contributed by atoms with Crippen LogP contribution in [0, 0.1) is 6.92 Å². The van der Waals surface area contributed by atoms with Crippen LogP contribution in [0.4, 0.5) is 0 Å². The molecule has 1 aromatic carbocycles. The van der Waals surface area contributed by atoms with Crippen molar-refractivity contribution in [2.45, 2.75) is 53.1 Å². The SMILES string of the molecule is Cc1ccc(CNC(C)C)cc1C(C)C. The molecule has 0 aromatic heterocycles. The lowest BCUT2D eigenvalue weighted by Gasteiger charge is -2.13. The quantitative estimate of drug-likeness (QED) is 0.791. The van der Waals surface area contributed by atoms with E-state index in [0.29, 0.717) is 12.0 Å². The van der Waals surface area contributed by atoms with E-state index in [-0.39, 0.29) is 0 Å². The summed E-state index contributed by atoms with van der Waals surface area (Å²) in [5.74, 6) is 0.615. The largest absolute Gasteiger partial charge is 0.310 e. The van der Waals surface area contributed by atoms with Gasteiger partial charge in [0.2, 0.25) is 0 Å². The third kappa shape index (κ3) is 3.67. The summed E-state index contributed by atoms with van der Waals surface area (Å²) in [4.78, 5) is 0. The van der Waals surface area contributed by atoms with Gasteiger partial charge in [-0.15, -0.1) is 0 Å². The average Bonchev–Trinajstić information content (AvgIpc) is 2.16. The van der Waals surface area contributed by atoms with Crippen molar-refractivity contribution in [1.82, 2.24) is 5.32 Å². The Bertz CT molecular complexity index is 313. The number of benzene rings is 1. The first-order chi connectivity index (χ1) is 7.00. The number of rotatable bonds is 4. The van der Waals surface area contributed by atoms with E-state index in [0.717, 1.165) is 6.54 Å². The molecule has 0 saturated heterocycles. The highest BCUT2D eigenvalue weighted by atomic mass is 14.9. The fourth-order valence-corrected chi connectivity index (χ4v) is 1.74. The predicted octanol–water partition coefficient (Wildman–Crippen LogP) is 3.62. The summed E-state index contributed by atoms with van der Waals surface area (Å²) < 4.78 is 0. The molecular weight excluding hydrogens is 182 g/mol. The van der Waals surface area contributed by atoms with Gasteiger partial charge in [-0.05, 0) is 29.5 Å². The second-order valence-corrected chi connectivity index (χ2v) is 4.88. The van der Waals surface area contributed by atoms with Crippen LogP contribution in [0.15, 0.2) is 18.2 Å². The van der Waals surface area contributed by atoms with Crippen LogP contribution in [0.25, 0.3) is 0 Å². The van der Waals surface area contributed by atoms with Crippen LogP contribution in [0.3, 0.4) is 0 Å². The molecule has 0 atom stereocenters. The first kappa shape index (κ1) is 12.3. The van der Waals surface area contributed by atoms with E-state index in [1.54, 1.807) is 0 Å². The number of aryl methyl sites for hydroxylation is 1. The van der Waals surface area contributed by atoms with Crippen molar-refractivity contribution in [3.8, 4) is 0 Å². The number of nitrogens with one attached hydrogen (secondary N) is 1. The molecule has 1 heteroatoms. The van der Waals surface area contributed by atoms with Gasteiger partial charge < -0.3 is 5.32 Å². The van der Waals surface area contributed by atoms with Crippen LogP contribution in [-0.2, 0) is 6.54 Å². The Labute approximate surface area is 93.9 Å². The van der Waals surface area contributed by atoms with Gasteiger partial charge in [0.15, 0.2) is 0 Å². The van der Waals surface area contributed by atoms with Crippen LogP contribution < -0.4 is 5.32 Å². The molecular formula is C14H23N. The van der Waals surface area contributed by atoms with E-state index < -0.39 is 0 Å². The van der Waals surface area contributed by atoms with Crippen LogP contribution in [0.2, 0.25) is 0 Å². The van der Waals surface area contributed by atoms with Crippen LogP contribution in [0.5, 0.6) is 0 Å². The average molecular weight is 205 g/mol. The molecule has 84 valence electrons. The van der Waals surface area contributed by atoms with Crippen LogP contribution in [0.1, 0.15) is 50.3 Å². The molecule has 0 unspecified atom stereocenters. The van der Waals surface area contributed by atoms with Crippen molar-refractivity contribution in [3.05, 3.63) is 34.9 Å². The minimum absolute atomic E-state index is 0.550. The van der Waals surface area contributed by atoms with Gasteiger partial charge >= 0.3 is 0 Å². The van der Waals surface area contributed by atoms with E-state index in [1.165, 1.54) is 16.7 Å². The van der Waals surface area contributed by atoms with Crippen molar-refractivity contribution in [1.29, 1.82) is 0 Å². The molecule has 0 bridgehead atoms. The topological polar surface area (TPSA) is 12.0 Å². The lowest BCUT2D eigenvalue weighted by atomic mass is 9.96. The first-order valence-corrected chi connectivity index (χ1v) is 5.83. The fourth-order valence-electron chi connectivity index (χ4n) is 1.74. The summed E-state index contributed by atoms with van der Waals surface area (Å²) in [7, 11) is 0. The molecule has 0 aliphatic carbocycles. The molecule has 1 N–H and O–H groups in total. The molecule has 1 nitrogen and oxygen atoms in total. The van der Waals surface area contributed by atoms with Gasteiger partial charge in [-0.3, -0.25) is 0 Å². The van der Waals surface area contributed by atoms with Gasteiger partial charge in [0.25, 0.3) is 0 Å². The smallest absolute Gasteiger partial charge is 0.0207 e. The Morgan fingerprint density at radius 1 is 1.13 bits per heavy atom. The second kappa shape index (κ2) is 5.32. The van der Waals surface area contributed by atoms with E-state index >= 15 is 0 Å². The standard InChI is InChI=1S/C14H23N/c1-10(2)14-8-13(7-6-12(14)5)9-15-11(3)4/h6-8,10-11,15H,9H2,1-5H3. The third-order valence-corrected chi connectivity index (χ3v) is 2.68. The zero-order chi connectivity index (χ0) is 11.4. The summed E-state index contributed by atoms with van der Waals surface area (Å²) >= 11 is 0. The highest BCUT2D eigenvalue weighted by Crippen LogP contribution is 2.20. The summed E-state index contributed by atoms with van der Waals surface area (Å²) in [6.07, 6.45) is 0. The van der Waals surface area contributed by atoms with Crippen molar-refractivity contribution >= 4 is 0 Å². The Morgan fingerprint density at radius 3 is 2.33 bits per heavy atom. The van der Waals surface area contributed by atoms with Gasteiger partial charge in [-0.25, -0.2) is 0 Å². The molecule has 15 heavy (non-hydrogen) atoms. The first-order valence-electron chi connectivity index (χ1n) is 5.83. The Balaban J connectivity index is 2.78. The summed E-state index contributed by atoms with van der Waals surface area (Å²) in [6.45, 7) is 12.0. The highest BCUT2D eigenvalue weighted by Gasteiger charge is 2.04. The lowest BCUT2D eigenvalue weighted by Crippen LogP contribution is -2.21. The molecule has 0 spiro atoms. The Morgan fingerprint density at radius 2 is 1.80 bits per heavy atom. The fraction of sp³-hybridized carbons (Fsp3) is 0.571. The molecule has 0 saturated carbocycles. The zero-order valence-corrected chi connectivity index (χ0v) is 10.6. The van der Waals surface area contributed by atoms with Crippen LogP contribution >= 0.6 is 0 Å². The summed E-state index contributed by atoms with van der Waals surface area (Å²) in [6, 6.07) is 7.33. The molecule has 0 radical (unpaired) electrons. The van der Waals surface area contributed by atoms with Gasteiger partial charge in [0, 0.05) is 12.6 Å². The minimum atomic E-state index is 0.550. The van der Waals surface area contributed by atoms with Gasteiger partial charge in [-0.1, -0.05) is 45.9 Å². The summed E-state index contributed by atoms with van der Waals surface area (Å²) in [5, 5.41) is 3.45. The lowest BCUT2D eigenvalue weighted by molar-refractivity contribution is 0.588. The van der Waals surface area contributed by atoms with E-state index in [2.05, 4.69) is 58.1 Å². The minimum Gasteiger partial charge on any atom is -0.310 e. The van der Waals surface area contributed by atoms with E-state index in [9.17, 15) is 0 Å². The molecule has 1 rings (SSSR count). The van der Waals surface area contributed by atoms with Gasteiger partial charge in [0.1, 0.15) is 0 Å². The van der Waals surface area contributed by atoms with E-state index in [4.69, 9.17) is 0 Å². The Hall–Kier alpha value is -0.820. The maximum absolute atomic E-state index is 3.45. The van der Waals surface area contributed by atoms with E-state index in [1.807, 2.05) is 0 Å². The molecule has 0 heterocycles.